The topological polar surface area (TPSA) is 78.1 Å². The first-order valence-electron chi connectivity index (χ1n) is 6.65. The zero-order valence-corrected chi connectivity index (χ0v) is 13.9. The number of hydrogen-bond donors (Lipinski definition) is 2. The van der Waals surface area contributed by atoms with E-state index in [2.05, 4.69) is 31.2 Å². The van der Waals surface area contributed by atoms with E-state index in [-0.39, 0.29) is 17.7 Å². The van der Waals surface area contributed by atoms with Crippen molar-refractivity contribution in [3.63, 3.8) is 0 Å². The Morgan fingerprint density at radius 1 is 1.36 bits per heavy atom. The van der Waals surface area contributed by atoms with E-state index in [1.807, 2.05) is 24.3 Å². The summed E-state index contributed by atoms with van der Waals surface area (Å²) in [6, 6.07) is 7.55. The first-order chi connectivity index (χ1) is 10.6. The van der Waals surface area contributed by atoms with Gasteiger partial charge in [-0.05, 0) is 17.7 Å². The average Bonchev–Trinajstić information content (AvgIpc) is 3.14. The minimum atomic E-state index is -0.319. The summed E-state index contributed by atoms with van der Waals surface area (Å²) < 4.78 is 1.01. The van der Waals surface area contributed by atoms with Crippen LogP contribution in [-0.2, 0) is 4.79 Å². The summed E-state index contributed by atoms with van der Waals surface area (Å²) in [6.07, 6.45) is 1.73. The van der Waals surface area contributed by atoms with Crippen molar-refractivity contribution in [3.8, 4) is 11.3 Å². The fourth-order valence-corrected chi connectivity index (χ4v) is 3.06. The maximum Gasteiger partial charge on any atom is 0.324 e. The number of aromatic nitrogens is 2. The first kappa shape index (κ1) is 15.1. The zero-order valence-electron chi connectivity index (χ0n) is 11.5. The Morgan fingerprint density at radius 3 is 2.82 bits per heavy atom. The summed E-state index contributed by atoms with van der Waals surface area (Å²) in [5.74, 6) is -0.0256. The molecule has 114 valence electrons. The number of carbonyl (C=O) groups is 2. The van der Waals surface area contributed by atoms with Gasteiger partial charge in [0.15, 0.2) is 5.16 Å². The number of urea groups is 1. The molecule has 1 aromatic carbocycles. The monoisotopic (exact) mass is 380 g/mol. The standard InChI is InChI=1S/C14H13BrN4O2S/c15-10-3-1-9(2-4-10)11-7-17-13(18-11)22-8-12(20)19-6-5-16-14(19)21/h1-4,7H,5-6,8H2,(H,16,21)(H,17,18). The van der Waals surface area contributed by atoms with Crippen molar-refractivity contribution in [2.45, 2.75) is 5.16 Å². The van der Waals surface area contributed by atoms with Gasteiger partial charge in [-0.3, -0.25) is 9.69 Å². The van der Waals surface area contributed by atoms with Crippen molar-refractivity contribution < 1.29 is 9.59 Å². The maximum absolute atomic E-state index is 11.9. The summed E-state index contributed by atoms with van der Waals surface area (Å²) >= 11 is 4.69. The van der Waals surface area contributed by atoms with Crippen molar-refractivity contribution >= 4 is 39.6 Å². The van der Waals surface area contributed by atoms with E-state index in [0.29, 0.717) is 18.2 Å². The lowest BCUT2D eigenvalue weighted by Crippen LogP contribution is -2.35. The van der Waals surface area contributed by atoms with Crippen molar-refractivity contribution in [1.29, 1.82) is 0 Å². The van der Waals surface area contributed by atoms with Crippen LogP contribution in [0.25, 0.3) is 11.3 Å². The third-order valence-corrected chi connectivity index (χ3v) is 4.60. The minimum Gasteiger partial charge on any atom is -0.336 e. The summed E-state index contributed by atoms with van der Waals surface area (Å²) in [5, 5.41) is 3.27. The van der Waals surface area contributed by atoms with Crippen molar-refractivity contribution in [2.24, 2.45) is 0 Å². The number of imide groups is 1. The van der Waals surface area contributed by atoms with Gasteiger partial charge in [0.25, 0.3) is 0 Å². The third-order valence-electron chi connectivity index (χ3n) is 3.20. The highest BCUT2D eigenvalue weighted by Gasteiger charge is 2.25. The Hall–Kier alpha value is -1.80. The Morgan fingerprint density at radius 2 is 2.14 bits per heavy atom. The van der Waals surface area contributed by atoms with Crippen LogP contribution in [0.3, 0.4) is 0 Å². The van der Waals surface area contributed by atoms with Gasteiger partial charge >= 0.3 is 6.03 Å². The second-order valence-corrected chi connectivity index (χ2v) is 6.55. The SMILES string of the molecule is O=C(CSc1ncc(-c2ccc(Br)cc2)[nH]1)N1CCNC1=O. The van der Waals surface area contributed by atoms with E-state index in [0.717, 1.165) is 15.7 Å². The van der Waals surface area contributed by atoms with E-state index in [4.69, 9.17) is 0 Å². The fraction of sp³-hybridized carbons (Fsp3) is 0.214. The fourth-order valence-electron chi connectivity index (χ4n) is 2.07. The highest BCUT2D eigenvalue weighted by atomic mass is 79.9. The molecule has 0 spiro atoms. The largest absolute Gasteiger partial charge is 0.336 e. The van der Waals surface area contributed by atoms with Gasteiger partial charge in [-0.25, -0.2) is 9.78 Å². The summed E-state index contributed by atoms with van der Waals surface area (Å²) in [7, 11) is 0. The molecule has 0 bridgehead atoms. The number of amides is 3. The van der Waals surface area contributed by atoms with Crippen LogP contribution in [0.2, 0.25) is 0 Å². The number of aromatic amines is 1. The highest BCUT2D eigenvalue weighted by molar-refractivity contribution is 9.10. The molecule has 0 atom stereocenters. The molecule has 6 nitrogen and oxygen atoms in total. The van der Waals surface area contributed by atoms with E-state index >= 15 is 0 Å². The van der Waals surface area contributed by atoms with E-state index in [1.165, 1.54) is 16.7 Å². The lowest BCUT2D eigenvalue weighted by molar-refractivity contribution is -0.124. The molecule has 1 aliphatic rings. The number of halogens is 1. The number of H-pyrrole nitrogens is 1. The zero-order chi connectivity index (χ0) is 15.5. The first-order valence-corrected chi connectivity index (χ1v) is 8.43. The Bertz CT molecular complexity index is 701. The van der Waals surface area contributed by atoms with Crippen LogP contribution in [0, 0.1) is 0 Å². The molecule has 22 heavy (non-hydrogen) atoms. The van der Waals surface area contributed by atoms with Gasteiger partial charge in [0.1, 0.15) is 0 Å². The van der Waals surface area contributed by atoms with Crippen LogP contribution in [0.1, 0.15) is 0 Å². The lowest BCUT2D eigenvalue weighted by Gasteiger charge is -2.10. The van der Waals surface area contributed by atoms with Crippen LogP contribution in [0.15, 0.2) is 40.1 Å². The van der Waals surface area contributed by atoms with Crippen molar-refractivity contribution in [2.75, 3.05) is 18.8 Å². The molecule has 1 aromatic heterocycles. The third kappa shape index (κ3) is 3.33. The van der Waals surface area contributed by atoms with Gasteiger partial charge in [0.05, 0.1) is 17.6 Å². The van der Waals surface area contributed by atoms with Crippen molar-refractivity contribution in [1.82, 2.24) is 20.2 Å². The number of thioether (sulfide) groups is 1. The molecule has 0 radical (unpaired) electrons. The predicted molar refractivity (Wildman–Crippen MR) is 87.6 cm³/mol. The smallest absolute Gasteiger partial charge is 0.324 e. The lowest BCUT2D eigenvalue weighted by atomic mass is 10.2. The molecule has 1 fully saturated rings. The Balaban J connectivity index is 1.61. The van der Waals surface area contributed by atoms with Gasteiger partial charge in [-0.2, -0.15) is 0 Å². The highest BCUT2D eigenvalue weighted by Crippen LogP contribution is 2.23. The molecule has 0 saturated carbocycles. The number of imidazole rings is 1. The number of rotatable bonds is 4. The Kier molecular flexibility index (Phi) is 4.49. The predicted octanol–water partition coefficient (Wildman–Crippen LogP) is 2.48. The maximum atomic E-state index is 11.9. The van der Waals surface area contributed by atoms with Crippen LogP contribution in [0.5, 0.6) is 0 Å². The second kappa shape index (κ2) is 6.53. The van der Waals surface area contributed by atoms with E-state index in [1.54, 1.807) is 6.20 Å². The molecule has 3 rings (SSSR count). The number of nitrogens with one attached hydrogen (secondary N) is 2. The minimum absolute atomic E-state index is 0.181. The van der Waals surface area contributed by atoms with E-state index < -0.39 is 0 Å². The van der Waals surface area contributed by atoms with Crippen LogP contribution in [-0.4, -0.2) is 45.6 Å². The molecule has 0 unspecified atom stereocenters. The van der Waals surface area contributed by atoms with Gasteiger partial charge in [0.2, 0.25) is 5.91 Å². The van der Waals surface area contributed by atoms with E-state index in [9.17, 15) is 9.59 Å². The average molecular weight is 381 g/mol. The van der Waals surface area contributed by atoms with Crippen LogP contribution < -0.4 is 5.32 Å². The number of hydrogen-bond acceptors (Lipinski definition) is 4. The number of carbonyl (C=O) groups excluding carboxylic acids is 2. The second-order valence-electron chi connectivity index (χ2n) is 4.67. The quantitative estimate of drug-likeness (QED) is 0.798. The van der Waals surface area contributed by atoms with Gasteiger partial charge in [-0.1, -0.05) is 39.8 Å². The summed E-state index contributed by atoms with van der Waals surface area (Å²) in [6.45, 7) is 0.949. The van der Waals surface area contributed by atoms with Gasteiger partial charge < -0.3 is 10.3 Å². The van der Waals surface area contributed by atoms with Crippen molar-refractivity contribution in [3.05, 3.63) is 34.9 Å². The molecule has 1 saturated heterocycles. The molecule has 2 aromatic rings. The molecule has 2 N–H and O–H groups in total. The van der Waals surface area contributed by atoms with Crippen LogP contribution >= 0.6 is 27.7 Å². The van der Waals surface area contributed by atoms with Gasteiger partial charge in [-0.15, -0.1) is 0 Å². The van der Waals surface area contributed by atoms with Crippen LogP contribution in [0.4, 0.5) is 4.79 Å². The molecular formula is C14H13BrN4O2S. The molecule has 3 amide bonds. The summed E-state index contributed by atoms with van der Waals surface area (Å²) in [4.78, 5) is 32.0. The molecule has 0 aliphatic carbocycles. The molecule has 8 heteroatoms. The normalized spacial score (nSPS) is 14.2. The number of benzene rings is 1. The molecule has 2 heterocycles. The van der Waals surface area contributed by atoms with Gasteiger partial charge in [0, 0.05) is 17.6 Å². The Labute approximate surface area is 139 Å². The molecular weight excluding hydrogens is 368 g/mol. The molecule has 1 aliphatic heterocycles. The number of nitrogens with zero attached hydrogens (tertiary/aromatic N) is 2. The summed E-state index contributed by atoms with van der Waals surface area (Å²) in [5.41, 5.74) is 1.91.